The molecule has 12 heteroatoms. The van der Waals surface area contributed by atoms with Gasteiger partial charge in [-0.25, -0.2) is 15.0 Å². The summed E-state index contributed by atoms with van der Waals surface area (Å²) in [5.41, 5.74) is 1.45. The summed E-state index contributed by atoms with van der Waals surface area (Å²) in [7, 11) is 7.01. The van der Waals surface area contributed by atoms with Gasteiger partial charge in [0.2, 0.25) is 0 Å². The van der Waals surface area contributed by atoms with E-state index in [1.54, 1.807) is 42.5 Å². The highest BCUT2D eigenvalue weighted by molar-refractivity contribution is 5.71. The molecule has 0 saturated carbocycles. The molecule has 0 spiro atoms. The number of aromatic nitrogens is 4. The number of aliphatic imine (C=N–C) groups is 1. The molecule has 2 fully saturated rings. The molecule has 12 nitrogen and oxygen atoms in total. The lowest BCUT2D eigenvalue weighted by atomic mass is 9.79. The van der Waals surface area contributed by atoms with Crippen LogP contribution < -0.4 is 9.47 Å². The summed E-state index contributed by atoms with van der Waals surface area (Å²) < 4.78 is 32.7. The molecule has 47 heavy (non-hydrogen) atoms. The van der Waals surface area contributed by atoms with Crippen LogP contribution in [0.3, 0.4) is 0 Å². The van der Waals surface area contributed by atoms with Gasteiger partial charge < -0.3 is 33.7 Å². The van der Waals surface area contributed by atoms with Gasteiger partial charge in [-0.2, -0.15) is 4.98 Å². The van der Waals surface area contributed by atoms with E-state index in [2.05, 4.69) is 19.9 Å². The Morgan fingerprint density at radius 2 is 1.60 bits per heavy atom. The number of methoxy groups -OCH3 is 2. The number of hydrogen-bond donors (Lipinski definition) is 1. The van der Waals surface area contributed by atoms with Gasteiger partial charge >= 0.3 is 0 Å². The Morgan fingerprint density at radius 3 is 2.21 bits per heavy atom. The van der Waals surface area contributed by atoms with Crippen molar-refractivity contribution in [3.8, 4) is 11.5 Å². The highest BCUT2D eigenvalue weighted by Gasteiger charge is 2.63. The Bertz CT molecular complexity index is 1820. The molecule has 0 unspecified atom stereocenters. The van der Waals surface area contributed by atoms with Crippen molar-refractivity contribution >= 4 is 23.5 Å². The zero-order chi connectivity index (χ0) is 32.6. The van der Waals surface area contributed by atoms with E-state index in [4.69, 9.17) is 23.7 Å². The van der Waals surface area contributed by atoms with Gasteiger partial charge in [0.25, 0.3) is 5.95 Å². The summed E-state index contributed by atoms with van der Waals surface area (Å²) in [6.07, 6.45) is 2.49. The van der Waals surface area contributed by atoms with Crippen molar-refractivity contribution in [1.29, 1.82) is 0 Å². The largest absolute Gasteiger partial charge is 0.497 e. The lowest BCUT2D eigenvalue weighted by Crippen LogP contribution is -2.48. The molecule has 0 aliphatic carbocycles. The number of rotatable bonds is 11. The number of imidazole rings is 1. The van der Waals surface area contributed by atoms with Crippen LogP contribution in [0.4, 0.5) is 5.95 Å². The van der Waals surface area contributed by atoms with E-state index in [-0.39, 0.29) is 19.2 Å². The molecule has 0 amide bonds. The van der Waals surface area contributed by atoms with Crippen LogP contribution >= 0.6 is 0 Å². The molecule has 1 N–H and O–H groups in total. The maximum atomic E-state index is 11.7. The summed E-state index contributed by atoms with van der Waals surface area (Å²) in [5.74, 6) is 1.73. The zero-order valence-electron chi connectivity index (χ0n) is 26.6. The fourth-order valence-electron chi connectivity index (χ4n) is 6.28. The van der Waals surface area contributed by atoms with Gasteiger partial charge in [-0.15, -0.1) is 0 Å². The molecule has 3 aromatic carbocycles. The molecule has 0 radical (unpaired) electrons. The maximum absolute atomic E-state index is 11.7. The standard InChI is InChI=1S/C35H36N6O6/c1-40(2)21-38-33-36-18-28-31(39-33)41(22-37-28)32-29-30(42)34(47-32,19-45-29)20-46-35(23-8-6-5-7-9-23,24-10-14-26(43-3)15-11-24)25-12-16-27(44-4)17-13-25/h5-18,21-22,29-30,32,42H,19-20H2,1-4H3/t29-,30+,32-,34-/m1/s1. The van der Waals surface area contributed by atoms with Crippen LogP contribution in [-0.4, -0.2) is 95.2 Å². The first kappa shape index (κ1) is 30.8. The van der Waals surface area contributed by atoms with Gasteiger partial charge in [0.1, 0.15) is 40.4 Å². The topological polar surface area (TPSA) is 126 Å². The van der Waals surface area contributed by atoms with E-state index >= 15 is 0 Å². The van der Waals surface area contributed by atoms with Gasteiger partial charge in [-0.1, -0.05) is 54.6 Å². The second-order valence-corrected chi connectivity index (χ2v) is 11.8. The average Bonchev–Trinajstić information content (AvgIpc) is 3.76. The second-order valence-electron chi connectivity index (χ2n) is 11.8. The predicted octanol–water partition coefficient (Wildman–Crippen LogP) is 4.10. The molecule has 7 rings (SSSR count). The number of ether oxygens (including phenoxy) is 5. The van der Waals surface area contributed by atoms with Crippen molar-refractivity contribution in [2.24, 2.45) is 4.99 Å². The minimum absolute atomic E-state index is 0.00805. The molecule has 2 aliphatic heterocycles. The molecular weight excluding hydrogens is 600 g/mol. The number of aliphatic hydroxyl groups excluding tert-OH is 1. The van der Waals surface area contributed by atoms with Crippen LogP contribution in [0.15, 0.2) is 96.4 Å². The van der Waals surface area contributed by atoms with Crippen LogP contribution in [0, 0.1) is 0 Å². The first-order chi connectivity index (χ1) is 22.9. The molecule has 5 aromatic rings. The van der Waals surface area contributed by atoms with Gasteiger partial charge in [-0.05, 0) is 41.0 Å². The molecule has 2 aliphatic rings. The minimum atomic E-state index is -1.18. The molecule has 2 aromatic heterocycles. The van der Waals surface area contributed by atoms with Crippen molar-refractivity contribution in [1.82, 2.24) is 24.4 Å². The van der Waals surface area contributed by atoms with Crippen molar-refractivity contribution in [2.75, 3.05) is 41.5 Å². The Balaban J connectivity index is 1.27. The molecule has 4 heterocycles. The highest BCUT2D eigenvalue weighted by Crippen LogP contribution is 2.49. The third kappa shape index (κ3) is 5.38. The van der Waals surface area contributed by atoms with Crippen LogP contribution in [0.1, 0.15) is 22.9 Å². The third-order valence-corrected chi connectivity index (χ3v) is 8.69. The van der Waals surface area contributed by atoms with Crippen LogP contribution in [0.25, 0.3) is 11.2 Å². The van der Waals surface area contributed by atoms with Gasteiger partial charge in [-0.3, -0.25) is 4.57 Å². The first-order valence-corrected chi connectivity index (χ1v) is 15.2. The van der Waals surface area contributed by atoms with Crippen molar-refractivity contribution < 1.29 is 28.8 Å². The number of benzene rings is 3. The summed E-state index contributed by atoms with van der Waals surface area (Å²) in [5, 5.41) is 11.7. The number of hydrogen-bond acceptors (Lipinski definition) is 10. The lowest BCUT2D eigenvalue weighted by molar-refractivity contribution is -0.202. The van der Waals surface area contributed by atoms with Gasteiger partial charge in [0.05, 0.1) is 46.3 Å². The predicted molar refractivity (Wildman–Crippen MR) is 174 cm³/mol. The molecule has 4 atom stereocenters. The Labute approximate surface area is 272 Å². The molecule has 2 bridgehead atoms. The summed E-state index contributed by atoms with van der Waals surface area (Å²) in [6, 6.07) is 25.6. The zero-order valence-corrected chi connectivity index (χ0v) is 26.6. The quantitative estimate of drug-likeness (QED) is 0.129. The van der Waals surface area contributed by atoms with E-state index in [0.29, 0.717) is 11.2 Å². The third-order valence-electron chi connectivity index (χ3n) is 8.69. The molecule has 2 saturated heterocycles. The number of aliphatic hydroxyl groups is 1. The monoisotopic (exact) mass is 636 g/mol. The number of fused-ring (bicyclic) bond motifs is 3. The molecular formula is C35H36N6O6. The normalized spacial score (nSPS) is 22.3. The van der Waals surface area contributed by atoms with E-state index in [0.717, 1.165) is 28.2 Å². The Hall–Kier alpha value is -4.88. The van der Waals surface area contributed by atoms with Gasteiger partial charge in [0.15, 0.2) is 11.9 Å². The van der Waals surface area contributed by atoms with E-state index in [9.17, 15) is 5.11 Å². The van der Waals surface area contributed by atoms with E-state index in [1.165, 1.54) is 0 Å². The van der Waals surface area contributed by atoms with Crippen LogP contribution in [-0.2, 0) is 19.8 Å². The van der Waals surface area contributed by atoms with E-state index in [1.807, 2.05) is 93.0 Å². The van der Waals surface area contributed by atoms with Crippen molar-refractivity contribution in [3.63, 3.8) is 0 Å². The van der Waals surface area contributed by atoms with Crippen LogP contribution in [0.2, 0.25) is 0 Å². The SMILES string of the molecule is COc1ccc(C(OC[C@@]23CO[C@@H]([C@H](n4cnc5cnc(N=CN(C)C)nc54)O2)[C@@H]3O)(c2ccccc2)c2ccc(OC)cc2)cc1. The van der Waals surface area contributed by atoms with Crippen molar-refractivity contribution in [3.05, 3.63) is 108 Å². The summed E-state index contributed by atoms with van der Waals surface area (Å²) in [6.45, 7) is 0.152. The number of nitrogens with zero attached hydrogens (tertiary/aromatic N) is 6. The minimum Gasteiger partial charge on any atom is -0.497 e. The summed E-state index contributed by atoms with van der Waals surface area (Å²) >= 11 is 0. The fraction of sp³-hybridized carbons (Fsp3) is 0.314. The average molecular weight is 637 g/mol. The lowest BCUT2D eigenvalue weighted by Gasteiger charge is -2.39. The van der Waals surface area contributed by atoms with Crippen molar-refractivity contribution in [2.45, 2.75) is 29.6 Å². The summed E-state index contributed by atoms with van der Waals surface area (Å²) in [4.78, 5) is 19.5. The molecule has 242 valence electrons. The highest BCUT2D eigenvalue weighted by atomic mass is 16.7. The van der Waals surface area contributed by atoms with E-state index < -0.39 is 29.6 Å². The fourth-order valence-corrected chi connectivity index (χ4v) is 6.28. The maximum Gasteiger partial charge on any atom is 0.252 e. The van der Waals surface area contributed by atoms with Crippen LogP contribution in [0.5, 0.6) is 11.5 Å². The Kier molecular flexibility index (Phi) is 8.10. The smallest absolute Gasteiger partial charge is 0.252 e. The van der Waals surface area contributed by atoms with Gasteiger partial charge in [0, 0.05) is 14.1 Å². The Morgan fingerprint density at radius 1 is 0.957 bits per heavy atom. The first-order valence-electron chi connectivity index (χ1n) is 15.2. The second kappa shape index (κ2) is 12.4.